The van der Waals surface area contributed by atoms with Gasteiger partial charge < -0.3 is 15.2 Å². The number of hydrogen-bond donors (Lipinski definition) is 4. The molecule has 0 spiro atoms. The van der Waals surface area contributed by atoms with Gasteiger partial charge in [0.15, 0.2) is 15.6 Å². The number of rotatable bonds is 8. The average Bonchev–Trinajstić information content (AvgIpc) is 2.81. The first kappa shape index (κ1) is 28.7. The normalized spacial score (nSPS) is 12.5. The zero-order valence-electron chi connectivity index (χ0n) is 19.5. The maximum Gasteiger partial charge on any atom is 0.296 e. The fourth-order valence-corrected chi connectivity index (χ4v) is 5.42. The highest BCUT2D eigenvalue weighted by Gasteiger charge is 2.27. The van der Waals surface area contributed by atoms with Crippen LogP contribution in [0, 0.1) is 0 Å². The number of sulfone groups is 1. The van der Waals surface area contributed by atoms with Gasteiger partial charge in [0.05, 0.1) is 23.1 Å². The van der Waals surface area contributed by atoms with Crippen LogP contribution in [-0.2, 0) is 34.9 Å². The largest absolute Gasteiger partial charge is 0.505 e. The van der Waals surface area contributed by atoms with E-state index in [1.165, 1.54) is 19.2 Å². The molecule has 14 nitrogen and oxygen atoms in total. The Kier molecular flexibility index (Phi) is 7.62. The van der Waals surface area contributed by atoms with E-state index in [1.54, 1.807) is 0 Å². The molecule has 0 aliphatic heterocycles. The monoisotopic (exact) mass is 585 g/mol. The van der Waals surface area contributed by atoms with Crippen LogP contribution < -0.4 is 10.1 Å². The number of hydrogen-bond acceptors (Lipinski definition) is 11. The number of carbonyl (C=O) groups excluding carboxylic acids is 1. The number of carbonyl (C=O) groups is 1. The molecule has 17 heteroatoms. The van der Waals surface area contributed by atoms with Gasteiger partial charge in [0.1, 0.15) is 26.9 Å². The first-order valence-corrected chi connectivity index (χ1v) is 14.5. The summed E-state index contributed by atoms with van der Waals surface area (Å²) in [4.78, 5) is 9.43. The summed E-state index contributed by atoms with van der Waals surface area (Å²) in [5.74, 6) is -1.72. The Morgan fingerprint density at radius 3 is 2.13 bits per heavy atom. The molecule has 202 valence electrons. The van der Waals surface area contributed by atoms with E-state index in [1.807, 2.05) is 0 Å². The minimum atomic E-state index is -5.22. The van der Waals surface area contributed by atoms with Gasteiger partial charge in [-0.2, -0.15) is 16.8 Å². The van der Waals surface area contributed by atoms with E-state index in [-0.39, 0.29) is 22.0 Å². The maximum atomic E-state index is 12.2. The first-order valence-electron chi connectivity index (χ1n) is 10.0. The summed E-state index contributed by atoms with van der Waals surface area (Å²) < 4.78 is 97.0. The molecule has 0 aliphatic carbocycles. The van der Waals surface area contributed by atoms with Crippen LogP contribution in [0.25, 0.3) is 10.8 Å². The molecule has 1 amide bonds. The van der Waals surface area contributed by atoms with Crippen molar-refractivity contribution in [3.63, 3.8) is 0 Å². The number of phenolic OH excluding ortho intramolecular Hbond substituents is 1. The first-order chi connectivity index (χ1) is 17.5. The molecule has 4 N–H and O–H groups in total. The molecule has 3 rings (SSSR count). The number of nitrogens with zero attached hydrogens (tertiary/aromatic N) is 2. The fraction of sp³-hybridized carbons (Fsp3) is 0.0952. The Bertz CT molecular complexity index is 1850. The highest BCUT2D eigenvalue weighted by molar-refractivity contribution is 7.94. The van der Waals surface area contributed by atoms with Crippen molar-refractivity contribution in [2.45, 2.75) is 21.6 Å². The van der Waals surface area contributed by atoms with Crippen LogP contribution in [0.4, 0.5) is 17.1 Å². The van der Waals surface area contributed by atoms with Gasteiger partial charge in [-0.25, -0.2) is 8.42 Å². The van der Waals surface area contributed by atoms with Crippen LogP contribution in [0.2, 0.25) is 0 Å². The summed E-state index contributed by atoms with van der Waals surface area (Å²) >= 11 is 0. The van der Waals surface area contributed by atoms with E-state index in [9.17, 15) is 44.3 Å². The Labute approximate surface area is 216 Å². The molecule has 3 aromatic carbocycles. The average molecular weight is 586 g/mol. The van der Waals surface area contributed by atoms with Gasteiger partial charge in [-0.15, -0.1) is 10.2 Å². The molecule has 0 radical (unpaired) electrons. The molecule has 3 aromatic rings. The Balaban J connectivity index is 2.45. The number of ether oxygens (including phenoxy) is 1. The van der Waals surface area contributed by atoms with E-state index in [0.29, 0.717) is 11.5 Å². The summed E-state index contributed by atoms with van der Waals surface area (Å²) in [5.41, 5.74) is -1.35. The van der Waals surface area contributed by atoms with Gasteiger partial charge in [0.2, 0.25) is 5.91 Å². The van der Waals surface area contributed by atoms with Crippen LogP contribution in [0.1, 0.15) is 6.92 Å². The third-order valence-electron chi connectivity index (χ3n) is 5.00. The van der Waals surface area contributed by atoms with E-state index < -0.39 is 68.0 Å². The molecule has 0 atom stereocenters. The Morgan fingerprint density at radius 2 is 1.61 bits per heavy atom. The molecule has 0 fully saturated rings. The van der Waals surface area contributed by atoms with E-state index in [0.717, 1.165) is 25.1 Å². The van der Waals surface area contributed by atoms with Gasteiger partial charge in [0.25, 0.3) is 20.2 Å². The third-order valence-corrected chi connectivity index (χ3v) is 8.13. The van der Waals surface area contributed by atoms with Crippen molar-refractivity contribution >= 4 is 63.8 Å². The number of amides is 1. The molecule has 0 bridgehead atoms. The lowest BCUT2D eigenvalue weighted by Crippen LogP contribution is -2.08. The van der Waals surface area contributed by atoms with Crippen LogP contribution in [0.15, 0.2) is 73.3 Å². The summed E-state index contributed by atoms with van der Waals surface area (Å²) in [7, 11) is -12.9. The van der Waals surface area contributed by atoms with Gasteiger partial charge in [-0.1, -0.05) is 6.58 Å². The van der Waals surface area contributed by atoms with E-state index in [2.05, 4.69) is 22.1 Å². The van der Waals surface area contributed by atoms with E-state index >= 15 is 0 Å². The molecular formula is C21H19N3O11S3. The number of fused-ring (bicyclic) bond motifs is 1. The van der Waals surface area contributed by atoms with Crippen LogP contribution in [-0.4, -0.2) is 52.5 Å². The molecule has 38 heavy (non-hydrogen) atoms. The molecule has 0 aliphatic rings. The number of phenols is 1. The van der Waals surface area contributed by atoms with Crippen molar-refractivity contribution in [1.82, 2.24) is 0 Å². The smallest absolute Gasteiger partial charge is 0.296 e. The van der Waals surface area contributed by atoms with Crippen molar-refractivity contribution < 1.29 is 49.0 Å². The molecular weight excluding hydrogens is 566 g/mol. The van der Waals surface area contributed by atoms with Crippen LogP contribution in [0.3, 0.4) is 0 Å². The standard InChI is InChI=1S/C21H19N3O11S3/c1-4-36(27,28)12-5-7-16(35-3)15(9-12)23-24-20-18(38(32,33)34)10-13-17(37(29,30)31)8-6-14(22-11(2)25)19(13)21(20)26/h4-10,26H,1H2,2-3H3,(H,22,25)(H,29,30,31)(H,32,33,34). The van der Waals surface area contributed by atoms with Crippen LogP contribution >= 0.6 is 0 Å². The second kappa shape index (κ2) is 10.1. The van der Waals surface area contributed by atoms with Crippen molar-refractivity contribution in [3.8, 4) is 11.5 Å². The fourth-order valence-electron chi connectivity index (χ4n) is 3.37. The lowest BCUT2D eigenvalue weighted by molar-refractivity contribution is -0.114. The highest BCUT2D eigenvalue weighted by atomic mass is 32.2. The molecule has 0 heterocycles. The minimum Gasteiger partial charge on any atom is -0.505 e. The Hall–Kier alpha value is -3.90. The molecule has 0 unspecified atom stereocenters. The van der Waals surface area contributed by atoms with Gasteiger partial charge in [-0.05, 0) is 36.4 Å². The van der Waals surface area contributed by atoms with Crippen molar-refractivity contribution in [2.75, 3.05) is 12.4 Å². The van der Waals surface area contributed by atoms with Crippen molar-refractivity contribution in [2.24, 2.45) is 10.2 Å². The minimum absolute atomic E-state index is 0.0157. The van der Waals surface area contributed by atoms with Gasteiger partial charge in [0, 0.05) is 17.7 Å². The Morgan fingerprint density at radius 1 is 0.974 bits per heavy atom. The summed E-state index contributed by atoms with van der Waals surface area (Å²) in [6.07, 6.45) is 0. The van der Waals surface area contributed by atoms with Crippen LogP contribution in [0.5, 0.6) is 11.5 Å². The van der Waals surface area contributed by atoms with Gasteiger partial charge >= 0.3 is 0 Å². The number of anilines is 1. The summed E-state index contributed by atoms with van der Waals surface area (Å²) in [6, 6.07) is 5.89. The predicted molar refractivity (Wildman–Crippen MR) is 134 cm³/mol. The number of nitrogens with one attached hydrogen (secondary N) is 1. The quantitative estimate of drug-likeness (QED) is 0.221. The number of aromatic hydroxyl groups is 1. The zero-order chi connectivity index (χ0) is 28.6. The number of methoxy groups -OCH3 is 1. The number of azo groups is 1. The van der Waals surface area contributed by atoms with Gasteiger partial charge in [-0.3, -0.25) is 13.9 Å². The zero-order valence-corrected chi connectivity index (χ0v) is 21.9. The van der Waals surface area contributed by atoms with Crippen molar-refractivity contribution in [1.29, 1.82) is 0 Å². The SMILES string of the molecule is C=CS(=O)(=O)c1ccc(OC)c(N=Nc2c(S(=O)(=O)O)cc3c(S(=O)(=O)O)ccc(NC(C)=O)c3c2O)c1. The second-order valence-corrected chi connectivity index (χ2v) is 12.2. The maximum absolute atomic E-state index is 12.2. The molecule has 0 saturated carbocycles. The summed E-state index contributed by atoms with van der Waals surface area (Å²) in [6.45, 7) is 4.32. The highest BCUT2D eigenvalue weighted by Crippen LogP contribution is 2.46. The number of benzene rings is 3. The second-order valence-electron chi connectivity index (χ2n) is 7.48. The predicted octanol–water partition coefficient (Wildman–Crippen LogP) is 3.34. The molecule has 0 aromatic heterocycles. The lowest BCUT2D eigenvalue weighted by atomic mass is 10.1. The lowest BCUT2D eigenvalue weighted by Gasteiger charge is -2.15. The third kappa shape index (κ3) is 5.65. The van der Waals surface area contributed by atoms with Crippen molar-refractivity contribution in [3.05, 3.63) is 48.4 Å². The topological polar surface area (TPSA) is 226 Å². The molecule has 0 saturated heterocycles. The van der Waals surface area contributed by atoms with E-state index in [4.69, 9.17) is 4.74 Å². The summed E-state index contributed by atoms with van der Waals surface area (Å²) in [5, 5.41) is 20.4.